The Labute approximate surface area is 60.5 Å². The zero-order chi connectivity index (χ0) is 7.40. The summed E-state index contributed by atoms with van der Waals surface area (Å²) in [5.41, 5.74) is 0. The van der Waals surface area contributed by atoms with Gasteiger partial charge in [-0.15, -0.1) is 0 Å². The first-order chi connectivity index (χ1) is 4.83. The molecule has 1 aliphatic heterocycles. The third-order valence-corrected chi connectivity index (χ3v) is 1.59. The van der Waals surface area contributed by atoms with E-state index in [0.717, 1.165) is 19.5 Å². The molecule has 0 saturated carbocycles. The molecule has 0 aliphatic carbocycles. The molecule has 0 aromatic heterocycles. The quantitative estimate of drug-likeness (QED) is 0.515. The minimum atomic E-state index is -0.0753. The van der Waals surface area contributed by atoms with Crippen molar-refractivity contribution in [2.24, 2.45) is 0 Å². The van der Waals surface area contributed by atoms with Gasteiger partial charge in [-0.25, -0.2) is 0 Å². The molecule has 3 heteroatoms. The molecular formula is C7H12N2O. The summed E-state index contributed by atoms with van der Waals surface area (Å²) in [7, 11) is 0. The molecule has 1 rings (SSSR count). The molecule has 1 amide bonds. The van der Waals surface area contributed by atoms with Crippen LogP contribution in [0.1, 0.15) is 6.42 Å². The lowest BCUT2D eigenvalue weighted by Gasteiger charge is -2.07. The zero-order valence-electron chi connectivity index (χ0n) is 5.89. The van der Waals surface area contributed by atoms with Crippen LogP contribution in [0.2, 0.25) is 0 Å². The number of hydrogen-bond acceptors (Lipinski definition) is 2. The number of nitrogens with one attached hydrogen (secondary N) is 2. The van der Waals surface area contributed by atoms with E-state index < -0.39 is 0 Å². The fraction of sp³-hybridized carbons (Fsp3) is 0.571. The van der Waals surface area contributed by atoms with E-state index in [4.69, 9.17) is 0 Å². The van der Waals surface area contributed by atoms with Gasteiger partial charge in [-0.3, -0.25) is 4.79 Å². The Hall–Kier alpha value is -0.830. The third kappa shape index (κ3) is 1.84. The number of hydrogen-bond donors (Lipinski definition) is 2. The lowest BCUT2D eigenvalue weighted by molar-refractivity contribution is -0.117. The summed E-state index contributed by atoms with van der Waals surface area (Å²) in [6, 6.07) is 0.311. The molecule has 0 spiro atoms. The van der Waals surface area contributed by atoms with Crippen LogP contribution in [0.3, 0.4) is 0 Å². The number of rotatable bonds is 2. The first-order valence-electron chi connectivity index (χ1n) is 3.46. The van der Waals surface area contributed by atoms with Gasteiger partial charge in [0.25, 0.3) is 0 Å². The lowest BCUT2D eigenvalue weighted by Crippen LogP contribution is -2.34. The number of carbonyl (C=O) groups is 1. The minimum absolute atomic E-state index is 0.0753. The van der Waals surface area contributed by atoms with E-state index in [9.17, 15) is 4.79 Å². The summed E-state index contributed by atoms with van der Waals surface area (Å²) in [6.07, 6.45) is 2.33. The summed E-state index contributed by atoms with van der Waals surface area (Å²) >= 11 is 0. The van der Waals surface area contributed by atoms with Crippen molar-refractivity contribution >= 4 is 5.91 Å². The average molecular weight is 140 g/mol. The normalized spacial score (nSPS) is 24.2. The molecule has 2 N–H and O–H groups in total. The standard InChI is InChI=1S/C7H12N2O/c1-2-7(10)9-6-3-4-8-5-6/h2,6,8H,1,3-5H2,(H,9,10)/t6-/m1/s1. The zero-order valence-corrected chi connectivity index (χ0v) is 5.89. The lowest BCUT2D eigenvalue weighted by atomic mass is 10.2. The van der Waals surface area contributed by atoms with Gasteiger partial charge in [0, 0.05) is 12.6 Å². The van der Waals surface area contributed by atoms with Gasteiger partial charge in [0.2, 0.25) is 5.91 Å². The number of amides is 1. The molecule has 56 valence electrons. The molecule has 1 heterocycles. The highest BCUT2D eigenvalue weighted by Gasteiger charge is 2.14. The van der Waals surface area contributed by atoms with Crippen molar-refractivity contribution in [3.8, 4) is 0 Å². The third-order valence-electron chi connectivity index (χ3n) is 1.59. The Morgan fingerprint density at radius 3 is 3.10 bits per heavy atom. The van der Waals surface area contributed by atoms with Gasteiger partial charge >= 0.3 is 0 Å². The first-order valence-corrected chi connectivity index (χ1v) is 3.46. The summed E-state index contributed by atoms with van der Waals surface area (Å²) in [6.45, 7) is 5.26. The van der Waals surface area contributed by atoms with Gasteiger partial charge in [0.15, 0.2) is 0 Å². The summed E-state index contributed by atoms with van der Waals surface area (Å²) in [5.74, 6) is -0.0753. The maximum Gasteiger partial charge on any atom is 0.243 e. The van der Waals surface area contributed by atoms with Crippen molar-refractivity contribution in [2.75, 3.05) is 13.1 Å². The molecule has 0 aromatic carbocycles. The van der Waals surface area contributed by atoms with E-state index in [1.54, 1.807) is 0 Å². The van der Waals surface area contributed by atoms with Gasteiger partial charge in [-0.1, -0.05) is 6.58 Å². The first kappa shape index (κ1) is 7.28. The second kappa shape index (κ2) is 3.37. The summed E-state index contributed by atoms with van der Waals surface area (Å²) in [5, 5.41) is 5.96. The Morgan fingerprint density at radius 1 is 1.80 bits per heavy atom. The molecule has 3 nitrogen and oxygen atoms in total. The van der Waals surface area contributed by atoms with Crippen LogP contribution >= 0.6 is 0 Å². The highest BCUT2D eigenvalue weighted by Crippen LogP contribution is 1.95. The van der Waals surface area contributed by atoms with Crippen molar-refractivity contribution in [3.05, 3.63) is 12.7 Å². The number of carbonyl (C=O) groups excluding carboxylic acids is 1. The van der Waals surface area contributed by atoms with Gasteiger partial charge in [-0.2, -0.15) is 0 Å². The summed E-state index contributed by atoms with van der Waals surface area (Å²) < 4.78 is 0. The molecule has 0 radical (unpaired) electrons. The molecule has 10 heavy (non-hydrogen) atoms. The van der Waals surface area contributed by atoms with E-state index in [0.29, 0.717) is 6.04 Å². The maximum absolute atomic E-state index is 10.7. The second-order valence-corrected chi connectivity index (χ2v) is 2.40. The van der Waals surface area contributed by atoms with Crippen molar-refractivity contribution in [1.29, 1.82) is 0 Å². The minimum Gasteiger partial charge on any atom is -0.349 e. The Bertz CT molecular complexity index is 139. The van der Waals surface area contributed by atoms with Crippen molar-refractivity contribution in [2.45, 2.75) is 12.5 Å². The maximum atomic E-state index is 10.7. The highest BCUT2D eigenvalue weighted by atomic mass is 16.1. The smallest absolute Gasteiger partial charge is 0.243 e. The van der Waals surface area contributed by atoms with E-state index in [1.807, 2.05) is 0 Å². The van der Waals surface area contributed by atoms with Crippen LogP contribution in [-0.4, -0.2) is 25.0 Å². The SMILES string of the molecule is C=CC(=O)N[C@@H]1CCNC1. The monoisotopic (exact) mass is 140 g/mol. The average Bonchev–Trinajstić information content (AvgIpc) is 2.40. The van der Waals surface area contributed by atoms with Gasteiger partial charge in [-0.05, 0) is 19.0 Å². The molecular weight excluding hydrogens is 128 g/mol. The highest BCUT2D eigenvalue weighted by molar-refractivity contribution is 5.87. The molecule has 1 atom stereocenters. The molecule has 0 aromatic rings. The fourth-order valence-corrected chi connectivity index (χ4v) is 1.04. The van der Waals surface area contributed by atoms with Crippen LogP contribution in [0, 0.1) is 0 Å². The van der Waals surface area contributed by atoms with Crippen molar-refractivity contribution in [3.63, 3.8) is 0 Å². The van der Waals surface area contributed by atoms with Gasteiger partial charge in [0.05, 0.1) is 0 Å². The molecule has 0 unspecified atom stereocenters. The van der Waals surface area contributed by atoms with Crippen LogP contribution in [-0.2, 0) is 4.79 Å². The molecule has 0 bridgehead atoms. The van der Waals surface area contributed by atoms with E-state index in [-0.39, 0.29) is 5.91 Å². The van der Waals surface area contributed by atoms with Crippen molar-refractivity contribution in [1.82, 2.24) is 10.6 Å². The Kier molecular flexibility index (Phi) is 2.45. The summed E-state index contributed by atoms with van der Waals surface area (Å²) in [4.78, 5) is 10.7. The Morgan fingerprint density at radius 2 is 2.60 bits per heavy atom. The fourth-order valence-electron chi connectivity index (χ4n) is 1.04. The van der Waals surface area contributed by atoms with Gasteiger partial charge in [0.1, 0.15) is 0 Å². The van der Waals surface area contributed by atoms with Crippen LogP contribution in [0.25, 0.3) is 0 Å². The molecule has 1 saturated heterocycles. The van der Waals surface area contributed by atoms with Gasteiger partial charge < -0.3 is 10.6 Å². The second-order valence-electron chi connectivity index (χ2n) is 2.40. The van der Waals surface area contributed by atoms with E-state index >= 15 is 0 Å². The van der Waals surface area contributed by atoms with Crippen LogP contribution < -0.4 is 10.6 Å². The van der Waals surface area contributed by atoms with E-state index in [2.05, 4.69) is 17.2 Å². The van der Waals surface area contributed by atoms with Crippen LogP contribution in [0.4, 0.5) is 0 Å². The molecule has 1 fully saturated rings. The Balaban J connectivity index is 2.23. The van der Waals surface area contributed by atoms with E-state index in [1.165, 1.54) is 6.08 Å². The van der Waals surface area contributed by atoms with Crippen molar-refractivity contribution < 1.29 is 4.79 Å². The predicted molar refractivity (Wildman–Crippen MR) is 39.6 cm³/mol. The largest absolute Gasteiger partial charge is 0.349 e. The topological polar surface area (TPSA) is 41.1 Å². The van der Waals surface area contributed by atoms with Crippen LogP contribution in [0.5, 0.6) is 0 Å². The predicted octanol–water partition coefficient (Wildman–Crippen LogP) is -0.349. The van der Waals surface area contributed by atoms with Crippen LogP contribution in [0.15, 0.2) is 12.7 Å². The molecule has 1 aliphatic rings.